The van der Waals surface area contributed by atoms with Crippen LogP contribution in [0.25, 0.3) is 0 Å². The molecule has 0 saturated heterocycles. The van der Waals surface area contributed by atoms with E-state index in [0.29, 0.717) is 6.92 Å². The molecule has 0 spiro atoms. The van der Waals surface area contributed by atoms with E-state index in [2.05, 4.69) is 0 Å². The normalized spacial score (nSPS) is 16.6. The highest BCUT2D eigenvalue weighted by molar-refractivity contribution is 7.90. The van der Waals surface area contributed by atoms with E-state index in [0.717, 1.165) is 0 Å². The van der Waals surface area contributed by atoms with Crippen LogP contribution in [0.5, 0.6) is 0 Å². The number of hydrogen-bond donors (Lipinski definition) is 0. The van der Waals surface area contributed by atoms with Crippen LogP contribution < -0.4 is 0 Å². The summed E-state index contributed by atoms with van der Waals surface area (Å²) in [5.74, 6) is -82.7. The molecule has 0 saturated carbocycles. The van der Waals surface area contributed by atoms with Crippen LogP contribution in [0.15, 0.2) is 0 Å². The van der Waals surface area contributed by atoms with Crippen molar-refractivity contribution in [1.29, 1.82) is 0 Å². The second kappa shape index (κ2) is 12.5. The highest BCUT2D eigenvalue weighted by Gasteiger charge is 2.99. The van der Waals surface area contributed by atoms with Crippen LogP contribution in [-0.2, 0) is 10.0 Å². The van der Waals surface area contributed by atoms with Crippen molar-refractivity contribution in [2.75, 3.05) is 40.3 Å². The Morgan fingerprint density at radius 2 is 0.750 bits per heavy atom. The molecule has 0 aliphatic heterocycles. The van der Waals surface area contributed by atoms with Gasteiger partial charge in [-0.25, -0.2) is 8.42 Å². The third-order valence-electron chi connectivity index (χ3n) is 6.92. The van der Waals surface area contributed by atoms with Crippen LogP contribution in [-0.4, -0.2) is 122 Å². The molecule has 0 bridgehead atoms. The van der Waals surface area contributed by atoms with Crippen molar-refractivity contribution in [3.63, 3.8) is 0 Å². The van der Waals surface area contributed by atoms with Crippen LogP contribution in [0.2, 0.25) is 0 Å². The van der Waals surface area contributed by atoms with E-state index >= 15 is 0 Å². The minimum Gasteiger partial charge on any atom is -0.329 e. The first kappa shape index (κ1) is 46.3. The van der Waals surface area contributed by atoms with Gasteiger partial charge in [0.15, 0.2) is 0 Å². The molecule has 0 aliphatic carbocycles. The smallest absolute Gasteiger partial charge is 0.329 e. The molecular weight excluding hydrogens is 769 g/mol. The molecule has 4 nitrogen and oxygen atoms in total. The van der Waals surface area contributed by atoms with Gasteiger partial charge in [0.25, 0.3) is 10.0 Å². The average Bonchev–Trinajstić information content (AvgIpc) is 2.88. The highest BCUT2D eigenvalue weighted by atomic mass is 32.2. The molecule has 0 aromatic heterocycles. The van der Waals surface area contributed by atoms with Crippen LogP contribution in [0.3, 0.4) is 0 Å². The quantitative estimate of drug-likeness (QED) is 0.111. The number of hydrogen-bond acceptors (Lipinski definition) is 2. The molecule has 0 aromatic carbocycles. The average molecular weight is 791 g/mol. The first-order chi connectivity index (χ1) is 20.5. The van der Waals surface area contributed by atoms with Gasteiger partial charge in [0.1, 0.15) is 0 Å². The third-order valence-corrected chi connectivity index (χ3v) is 8.94. The summed E-state index contributed by atoms with van der Waals surface area (Å²) in [6, 6.07) is 0. The molecule has 0 aromatic rings. The minimum absolute atomic E-state index is 0.0683. The molecule has 0 rings (SSSR count). The standard InChI is InChI=1S/C20H22F23N2O2S/c1-5-44(8-7-9-45(3,4)6-2)48(46,47)20(42,43)18(37,38)16(33,34)14(29,30)12(25,26)10(21,22)11(23,24)13(27,28)15(31,32)17(35,36)19(39,40)41/h5-9H2,1-4H3/q+1. The van der Waals surface area contributed by atoms with Gasteiger partial charge < -0.3 is 4.48 Å². The first-order valence-corrected chi connectivity index (χ1v) is 13.6. The fourth-order valence-corrected chi connectivity index (χ4v) is 4.83. The predicted molar refractivity (Wildman–Crippen MR) is 114 cm³/mol. The molecule has 290 valence electrons. The van der Waals surface area contributed by atoms with Gasteiger partial charge in [-0.3, -0.25) is 0 Å². The lowest BCUT2D eigenvalue weighted by molar-refractivity contribution is -0.888. The zero-order chi connectivity index (χ0) is 39.6. The monoisotopic (exact) mass is 791 g/mol. The van der Waals surface area contributed by atoms with Crippen molar-refractivity contribution in [3.8, 4) is 0 Å². The summed E-state index contributed by atoms with van der Waals surface area (Å²) in [5, 5.41) is -7.82. The Balaban J connectivity index is 7.24. The van der Waals surface area contributed by atoms with Crippen molar-refractivity contribution in [1.82, 2.24) is 4.31 Å². The number of halogens is 23. The van der Waals surface area contributed by atoms with Crippen LogP contribution in [0.4, 0.5) is 101 Å². The number of rotatable bonds is 17. The summed E-state index contributed by atoms with van der Waals surface area (Å²) in [5.41, 5.74) is 0. The van der Waals surface area contributed by atoms with Crippen molar-refractivity contribution >= 4 is 10.0 Å². The molecule has 48 heavy (non-hydrogen) atoms. The fourth-order valence-electron chi connectivity index (χ4n) is 3.35. The highest BCUT2D eigenvalue weighted by Crippen LogP contribution is 2.67. The van der Waals surface area contributed by atoms with E-state index in [1.54, 1.807) is 0 Å². The van der Waals surface area contributed by atoms with Gasteiger partial charge in [-0.1, -0.05) is 6.92 Å². The summed E-state index contributed by atoms with van der Waals surface area (Å²) >= 11 is 0. The Morgan fingerprint density at radius 1 is 0.479 bits per heavy atom. The Bertz CT molecular complexity index is 1240. The molecule has 0 fully saturated rings. The summed E-state index contributed by atoms with van der Waals surface area (Å²) in [7, 11) is -4.70. The van der Waals surface area contributed by atoms with Crippen LogP contribution in [0, 0.1) is 0 Å². The summed E-state index contributed by atoms with van der Waals surface area (Å²) in [6.07, 6.45) is -8.77. The number of nitrogens with zero attached hydrogens (tertiary/aromatic N) is 2. The maximum absolute atomic E-state index is 14.5. The largest absolute Gasteiger partial charge is 0.460 e. The van der Waals surface area contributed by atoms with Gasteiger partial charge in [-0.2, -0.15) is 105 Å². The molecule has 0 heterocycles. The van der Waals surface area contributed by atoms with Gasteiger partial charge in [-0.05, 0) is 6.92 Å². The first-order valence-electron chi connectivity index (χ1n) is 12.1. The van der Waals surface area contributed by atoms with Crippen molar-refractivity contribution in [2.45, 2.75) is 85.0 Å². The lowest BCUT2D eigenvalue weighted by Gasteiger charge is -2.45. The van der Waals surface area contributed by atoms with Crippen LogP contribution >= 0.6 is 0 Å². The SMILES string of the molecule is CCN(CCC[N+](C)(C)CC)S(=O)(=O)C(F)(F)C(F)(F)C(F)(F)C(F)(F)C(F)(F)C(F)(F)C(F)(F)C(F)(F)C(F)(F)C(F)(F)C(F)(F)F. The Kier molecular flexibility index (Phi) is 12.0. The van der Waals surface area contributed by atoms with Crippen molar-refractivity contribution in [2.24, 2.45) is 0 Å². The Labute approximate surface area is 254 Å². The number of alkyl halides is 23. The minimum atomic E-state index is -9.55. The zero-order valence-corrected chi connectivity index (χ0v) is 24.7. The van der Waals surface area contributed by atoms with Gasteiger partial charge >= 0.3 is 64.7 Å². The van der Waals surface area contributed by atoms with Crippen molar-refractivity contribution < 1.29 is 114 Å². The van der Waals surface area contributed by atoms with Gasteiger partial charge in [0, 0.05) is 19.5 Å². The van der Waals surface area contributed by atoms with E-state index in [9.17, 15) is 109 Å². The van der Waals surface area contributed by atoms with E-state index in [-0.39, 0.29) is 17.6 Å². The van der Waals surface area contributed by atoms with Crippen molar-refractivity contribution in [3.05, 3.63) is 0 Å². The Morgan fingerprint density at radius 3 is 1.00 bits per heavy atom. The molecule has 28 heteroatoms. The summed E-state index contributed by atoms with van der Waals surface area (Å²) in [4.78, 5) is 0. The predicted octanol–water partition coefficient (Wildman–Crippen LogP) is 8.00. The Hall–Kier alpha value is -1.74. The van der Waals surface area contributed by atoms with Crippen LogP contribution in [0.1, 0.15) is 20.3 Å². The van der Waals surface area contributed by atoms with Gasteiger partial charge in [0.05, 0.1) is 27.2 Å². The molecule has 0 N–H and O–H groups in total. The van der Waals surface area contributed by atoms with Gasteiger partial charge in [-0.15, -0.1) is 0 Å². The molecule has 0 radical (unpaired) electrons. The maximum Gasteiger partial charge on any atom is 0.460 e. The zero-order valence-electron chi connectivity index (χ0n) is 23.8. The molecule has 0 amide bonds. The van der Waals surface area contributed by atoms with E-state index in [4.69, 9.17) is 0 Å². The lowest BCUT2D eigenvalue weighted by atomic mass is 9.86. The van der Waals surface area contributed by atoms with Gasteiger partial charge in [0.2, 0.25) is 0 Å². The summed E-state index contributed by atoms with van der Waals surface area (Å²) in [6.45, 7) is -0.728. The fraction of sp³-hybridized carbons (Fsp3) is 1.00. The molecule has 0 unspecified atom stereocenters. The molecule has 0 aliphatic rings. The topological polar surface area (TPSA) is 37.4 Å². The maximum atomic E-state index is 14.5. The third kappa shape index (κ3) is 6.23. The van der Waals surface area contributed by atoms with E-state index < -0.39 is 98.6 Å². The second-order valence-electron chi connectivity index (χ2n) is 10.5. The summed E-state index contributed by atoms with van der Waals surface area (Å²) < 4.78 is 336. The molecule has 0 atom stereocenters. The lowest BCUT2D eigenvalue weighted by Crippen LogP contribution is -2.78. The number of quaternary nitrogens is 1. The molecular formula is C20H22F23N2O2S+. The van der Waals surface area contributed by atoms with E-state index in [1.807, 2.05) is 0 Å². The number of sulfonamides is 1. The second-order valence-corrected chi connectivity index (χ2v) is 12.5. The van der Waals surface area contributed by atoms with E-state index in [1.165, 1.54) is 21.0 Å².